The SMILES string of the molecule is CN1C(=O)/C(=C/c2ccc(O)cc2)SC1=Nc1ccccc1C(=O)O. The molecule has 1 saturated heterocycles. The fourth-order valence-corrected chi connectivity index (χ4v) is 3.21. The number of rotatable bonds is 3. The first kappa shape index (κ1) is 16.8. The topological polar surface area (TPSA) is 90.2 Å². The quantitative estimate of drug-likeness (QED) is 0.825. The number of carboxylic acids is 1. The van der Waals surface area contributed by atoms with Crippen LogP contribution in [0.1, 0.15) is 15.9 Å². The molecule has 3 rings (SSSR count). The summed E-state index contributed by atoms with van der Waals surface area (Å²) in [6, 6.07) is 12.9. The molecule has 0 atom stereocenters. The Labute approximate surface area is 148 Å². The zero-order chi connectivity index (χ0) is 18.0. The Kier molecular flexibility index (Phi) is 4.58. The lowest BCUT2D eigenvalue weighted by atomic mass is 10.2. The molecule has 0 unspecified atom stereocenters. The number of hydrogen-bond acceptors (Lipinski definition) is 5. The summed E-state index contributed by atoms with van der Waals surface area (Å²) >= 11 is 1.17. The van der Waals surface area contributed by atoms with Crippen molar-refractivity contribution in [2.24, 2.45) is 4.99 Å². The van der Waals surface area contributed by atoms with Crippen LogP contribution >= 0.6 is 11.8 Å². The van der Waals surface area contributed by atoms with Gasteiger partial charge < -0.3 is 10.2 Å². The number of phenolic OH excluding ortho intramolecular Hbond substituents is 1. The number of likely N-dealkylation sites (N-methyl/N-ethyl adjacent to an activating group) is 1. The predicted molar refractivity (Wildman–Crippen MR) is 96.9 cm³/mol. The summed E-state index contributed by atoms with van der Waals surface area (Å²) in [6.07, 6.45) is 1.70. The van der Waals surface area contributed by atoms with E-state index in [0.29, 0.717) is 15.8 Å². The molecule has 0 aromatic heterocycles. The molecular weight excluding hydrogens is 340 g/mol. The summed E-state index contributed by atoms with van der Waals surface area (Å²) in [6.45, 7) is 0. The molecule has 0 spiro atoms. The van der Waals surface area contributed by atoms with Gasteiger partial charge >= 0.3 is 5.97 Å². The number of carbonyl (C=O) groups excluding carboxylic acids is 1. The van der Waals surface area contributed by atoms with Crippen molar-refractivity contribution in [3.05, 3.63) is 64.6 Å². The van der Waals surface area contributed by atoms with Gasteiger partial charge in [0.2, 0.25) is 0 Å². The summed E-state index contributed by atoms with van der Waals surface area (Å²) in [4.78, 5) is 29.9. The van der Waals surface area contributed by atoms with Crippen LogP contribution in [0.15, 0.2) is 58.4 Å². The Morgan fingerprint density at radius 3 is 2.52 bits per heavy atom. The van der Waals surface area contributed by atoms with Crippen LogP contribution in [-0.2, 0) is 4.79 Å². The number of aromatic carboxylic acids is 1. The van der Waals surface area contributed by atoms with Gasteiger partial charge in [0.1, 0.15) is 5.75 Å². The Morgan fingerprint density at radius 1 is 1.16 bits per heavy atom. The highest BCUT2D eigenvalue weighted by atomic mass is 32.2. The number of nitrogens with zero attached hydrogens (tertiary/aromatic N) is 2. The number of hydrogen-bond donors (Lipinski definition) is 2. The van der Waals surface area contributed by atoms with E-state index < -0.39 is 5.97 Å². The maximum atomic E-state index is 12.4. The molecule has 7 heteroatoms. The van der Waals surface area contributed by atoms with E-state index in [1.165, 1.54) is 34.9 Å². The molecular formula is C18H14N2O4S. The number of amidine groups is 1. The van der Waals surface area contributed by atoms with Crippen molar-refractivity contribution >= 4 is 40.6 Å². The van der Waals surface area contributed by atoms with E-state index in [2.05, 4.69) is 4.99 Å². The van der Waals surface area contributed by atoms with E-state index in [0.717, 1.165) is 5.56 Å². The number of phenols is 1. The monoisotopic (exact) mass is 354 g/mol. The molecule has 2 aromatic rings. The molecule has 1 heterocycles. The van der Waals surface area contributed by atoms with Crippen LogP contribution in [0.25, 0.3) is 6.08 Å². The predicted octanol–water partition coefficient (Wildman–Crippen LogP) is 3.32. The third-order valence-electron chi connectivity index (χ3n) is 3.54. The van der Waals surface area contributed by atoms with E-state index in [4.69, 9.17) is 0 Å². The molecule has 0 aliphatic carbocycles. The minimum atomic E-state index is -1.07. The standard InChI is InChI=1S/C18H14N2O4S/c1-20-16(22)15(10-11-6-8-12(21)9-7-11)25-18(20)19-14-5-3-2-4-13(14)17(23)24/h2-10,21H,1H3,(H,23,24)/b15-10-,19-18?. The van der Waals surface area contributed by atoms with Gasteiger partial charge in [-0.3, -0.25) is 9.69 Å². The van der Waals surface area contributed by atoms with Crippen molar-refractivity contribution in [3.8, 4) is 5.75 Å². The van der Waals surface area contributed by atoms with Crippen molar-refractivity contribution in [1.29, 1.82) is 0 Å². The average Bonchev–Trinajstić information content (AvgIpc) is 2.85. The Bertz CT molecular complexity index is 904. The fraction of sp³-hybridized carbons (Fsp3) is 0.0556. The third-order valence-corrected chi connectivity index (χ3v) is 4.61. The number of benzene rings is 2. The summed E-state index contributed by atoms with van der Waals surface area (Å²) in [5.74, 6) is -1.14. The highest BCUT2D eigenvalue weighted by Crippen LogP contribution is 2.34. The second kappa shape index (κ2) is 6.82. The van der Waals surface area contributed by atoms with E-state index in [-0.39, 0.29) is 17.2 Å². The molecule has 0 saturated carbocycles. The molecule has 1 amide bonds. The molecule has 126 valence electrons. The smallest absolute Gasteiger partial charge is 0.337 e. The number of aliphatic imine (C=N–C) groups is 1. The van der Waals surface area contributed by atoms with Crippen molar-refractivity contribution in [2.75, 3.05) is 7.05 Å². The van der Waals surface area contributed by atoms with Crippen molar-refractivity contribution < 1.29 is 19.8 Å². The van der Waals surface area contributed by atoms with Gasteiger partial charge in [0.25, 0.3) is 5.91 Å². The zero-order valence-electron chi connectivity index (χ0n) is 13.2. The first-order valence-corrected chi connectivity index (χ1v) is 8.15. The number of aromatic hydroxyl groups is 1. The Morgan fingerprint density at radius 2 is 1.84 bits per heavy atom. The summed E-state index contributed by atoms with van der Waals surface area (Å²) in [7, 11) is 1.59. The van der Waals surface area contributed by atoms with Crippen LogP contribution in [0, 0.1) is 0 Å². The second-order valence-electron chi connectivity index (χ2n) is 5.28. The first-order valence-electron chi connectivity index (χ1n) is 7.33. The lowest BCUT2D eigenvalue weighted by Crippen LogP contribution is -2.23. The van der Waals surface area contributed by atoms with Gasteiger partial charge in [-0.05, 0) is 47.7 Å². The molecule has 6 nitrogen and oxygen atoms in total. The first-order chi connectivity index (χ1) is 12.0. The molecule has 2 N–H and O–H groups in total. The number of thioether (sulfide) groups is 1. The highest BCUT2D eigenvalue weighted by molar-refractivity contribution is 8.18. The average molecular weight is 354 g/mol. The minimum absolute atomic E-state index is 0.0763. The largest absolute Gasteiger partial charge is 0.508 e. The van der Waals surface area contributed by atoms with Crippen molar-refractivity contribution in [3.63, 3.8) is 0 Å². The number of carbonyl (C=O) groups is 2. The van der Waals surface area contributed by atoms with Crippen molar-refractivity contribution in [2.45, 2.75) is 0 Å². The van der Waals surface area contributed by atoms with E-state index in [1.54, 1.807) is 43.5 Å². The van der Waals surface area contributed by atoms with Gasteiger partial charge in [0.05, 0.1) is 16.2 Å². The summed E-state index contributed by atoms with van der Waals surface area (Å²) < 4.78 is 0. The summed E-state index contributed by atoms with van der Waals surface area (Å²) in [5.41, 5.74) is 1.14. The molecule has 1 fully saturated rings. The normalized spacial score (nSPS) is 17.5. The molecule has 25 heavy (non-hydrogen) atoms. The van der Waals surface area contributed by atoms with Crippen LogP contribution in [0.5, 0.6) is 5.75 Å². The highest BCUT2D eigenvalue weighted by Gasteiger charge is 2.30. The van der Waals surface area contributed by atoms with Gasteiger partial charge in [-0.15, -0.1) is 0 Å². The Hall–Kier alpha value is -3.06. The maximum Gasteiger partial charge on any atom is 0.337 e. The molecule has 0 radical (unpaired) electrons. The Balaban J connectivity index is 1.94. The lowest BCUT2D eigenvalue weighted by Gasteiger charge is -2.08. The van der Waals surface area contributed by atoms with Gasteiger partial charge in [0, 0.05) is 7.05 Å². The van der Waals surface area contributed by atoms with Gasteiger partial charge in [0.15, 0.2) is 5.17 Å². The number of para-hydroxylation sites is 1. The van der Waals surface area contributed by atoms with Gasteiger partial charge in [-0.2, -0.15) is 0 Å². The maximum absolute atomic E-state index is 12.4. The van der Waals surface area contributed by atoms with Crippen molar-refractivity contribution in [1.82, 2.24) is 4.90 Å². The lowest BCUT2D eigenvalue weighted by molar-refractivity contribution is -0.121. The molecule has 1 aliphatic rings. The van der Waals surface area contributed by atoms with Crippen LogP contribution in [0.3, 0.4) is 0 Å². The van der Waals surface area contributed by atoms with Gasteiger partial charge in [-0.1, -0.05) is 24.3 Å². The van der Waals surface area contributed by atoms with Gasteiger partial charge in [-0.25, -0.2) is 9.79 Å². The van der Waals surface area contributed by atoms with Crippen LogP contribution < -0.4 is 0 Å². The molecule has 0 bridgehead atoms. The van der Waals surface area contributed by atoms with E-state index in [9.17, 15) is 19.8 Å². The number of amides is 1. The molecule has 1 aliphatic heterocycles. The fourth-order valence-electron chi connectivity index (χ4n) is 2.23. The zero-order valence-corrected chi connectivity index (χ0v) is 14.0. The van der Waals surface area contributed by atoms with Crippen LogP contribution in [0.2, 0.25) is 0 Å². The van der Waals surface area contributed by atoms with E-state index >= 15 is 0 Å². The number of carboxylic acid groups (broad SMARTS) is 1. The minimum Gasteiger partial charge on any atom is -0.508 e. The van der Waals surface area contributed by atoms with Crippen LogP contribution in [-0.4, -0.2) is 39.2 Å². The molecule has 2 aromatic carbocycles. The van der Waals surface area contributed by atoms with E-state index in [1.807, 2.05) is 0 Å². The second-order valence-corrected chi connectivity index (χ2v) is 6.29. The van der Waals surface area contributed by atoms with Crippen LogP contribution in [0.4, 0.5) is 5.69 Å². The summed E-state index contributed by atoms with van der Waals surface area (Å²) in [5, 5.41) is 19.0. The third kappa shape index (κ3) is 3.56.